The van der Waals surface area contributed by atoms with Crippen molar-refractivity contribution >= 4 is 34.7 Å². The maximum absolute atomic E-state index is 12.6. The van der Waals surface area contributed by atoms with E-state index in [0.29, 0.717) is 48.4 Å². The van der Waals surface area contributed by atoms with Crippen LogP contribution >= 0.6 is 22.6 Å². The largest absolute Gasteiger partial charge is 0.493 e. The number of hydrazone groups is 1. The SMILES string of the molecule is CCCOc1ccc(C(=O)N/N=C/c2cc(I)c(OCc3ccccc3)c(OCC)c2)cc1OC. The third-order valence-corrected chi connectivity index (χ3v) is 5.63. The van der Waals surface area contributed by atoms with Crippen LogP contribution in [0.15, 0.2) is 65.8 Å². The second-order valence-electron chi connectivity index (χ2n) is 7.45. The molecule has 0 spiro atoms. The summed E-state index contributed by atoms with van der Waals surface area (Å²) in [6.45, 7) is 5.45. The number of rotatable bonds is 12. The number of halogens is 1. The number of nitrogens with zero attached hydrogens (tertiary/aromatic N) is 1. The molecule has 35 heavy (non-hydrogen) atoms. The molecule has 0 heterocycles. The van der Waals surface area contributed by atoms with Crippen molar-refractivity contribution in [3.05, 3.63) is 80.9 Å². The highest BCUT2D eigenvalue weighted by Crippen LogP contribution is 2.34. The van der Waals surface area contributed by atoms with Crippen LogP contribution in [-0.4, -0.2) is 32.4 Å². The zero-order chi connectivity index (χ0) is 25.0. The lowest BCUT2D eigenvalue weighted by molar-refractivity contribution is 0.0954. The monoisotopic (exact) mass is 588 g/mol. The van der Waals surface area contributed by atoms with Gasteiger partial charge < -0.3 is 18.9 Å². The van der Waals surface area contributed by atoms with Gasteiger partial charge in [0.2, 0.25) is 0 Å². The predicted molar refractivity (Wildman–Crippen MR) is 145 cm³/mol. The highest BCUT2D eigenvalue weighted by Gasteiger charge is 2.13. The summed E-state index contributed by atoms with van der Waals surface area (Å²) in [6, 6.07) is 18.7. The van der Waals surface area contributed by atoms with Crippen molar-refractivity contribution in [1.82, 2.24) is 5.43 Å². The molecule has 3 aromatic rings. The van der Waals surface area contributed by atoms with E-state index in [-0.39, 0.29) is 5.91 Å². The predicted octanol–water partition coefficient (Wildman–Crippen LogP) is 5.83. The third kappa shape index (κ3) is 7.61. The molecular weight excluding hydrogens is 559 g/mol. The molecule has 0 aliphatic carbocycles. The Morgan fingerprint density at radius 2 is 1.77 bits per heavy atom. The first kappa shape index (κ1) is 26.3. The Hall–Kier alpha value is -3.27. The van der Waals surface area contributed by atoms with Crippen molar-refractivity contribution in [3.63, 3.8) is 0 Å². The minimum atomic E-state index is -0.357. The molecule has 1 N–H and O–H groups in total. The molecule has 0 saturated carbocycles. The van der Waals surface area contributed by atoms with E-state index in [1.54, 1.807) is 31.5 Å². The molecule has 0 fully saturated rings. The molecule has 8 heteroatoms. The maximum atomic E-state index is 12.6. The molecule has 0 aromatic heterocycles. The minimum Gasteiger partial charge on any atom is -0.493 e. The van der Waals surface area contributed by atoms with E-state index in [2.05, 4.69) is 33.1 Å². The molecule has 0 aliphatic heterocycles. The van der Waals surface area contributed by atoms with Crippen LogP contribution in [0.1, 0.15) is 41.8 Å². The summed E-state index contributed by atoms with van der Waals surface area (Å²) in [5.41, 5.74) is 4.81. The molecule has 1 amide bonds. The zero-order valence-corrected chi connectivity index (χ0v) is 22.2. The van der Waals surface area contributed by atoms with Crippen LogP contribution in [0.5, 0.6) is 23.0 Å². The Bertz CT molecular complexity index is 1150. The van der Waals surface area contributed by atoms with Crippen LogP contribution in [-0.2, 0) is 6.61 Å². The lowest BCUT2D eigenvalue weighted by atomic mass is 10.2. The molecule has 0 saturated heterocycles. The molecule has 0 radical (unpaired) electrons. The van der Waals surface area contributed by atoms with Crippen LogP contribution in [0.4, 0.5) is 0 Å². The number of nitrogens with one attached hydrogen (secondary N) is 1. The van der Waals surface area contributed by atoms with E-state index in [0.717, 1.165) is 21.1 Å². The van der Waals surface area contributed by atoms with Gasteiger partial charge in [0.1, 0.15) is 6.61 Å². The summed E-state index contributed by atoms with van der Waals surface area (Å²) in [5, 5.41) is 4.11. The Morgan fingerprint density at radius 3 is 2.49 bits per heavy atom. The maximum Gasteiger partial charge on any atom is 0.271 e. The molecule has 3 rings (SSSR count). The molecule has 0 atom stereocenters. The van der Waals surface area contributed by atoms with Gasteiger partial charge in [-0.25, -0.2) is 5.43 Å². The quantitative estimate of drug-likeness (QED) is 0.164. The van der Waals surface area contributed by atoms with Crippen molar-refractivity contribution in [3.8, 4) is 23.0 Å². The van der Waals surface area contributed by atoms with E-state index in [1.165, 1.54) is 0 Å². The van der Waals surface area contributed by atoms with E-state index < -0.39 is 0 Å². The molecule has 0 unspecified atom stereocenters. The van der Waals surface area contributed by atoms with Crippen LogP contribution < -0.4 is 24.4 Å². The first-order valence-corrected chi connectivity index (χ1v) is 12.4. The van der Waals surface area contributed by atoms with Crippen molar-refractivity contribution in [2.75, 3.05) is 20.3 Å². The highest BCUT2D eigenvalue weighted by molar-refractivity contribution is 14.1. The van der Waals surface area contributed by atoms with Gasteiger partial charge in [0.25, 0.3) is 5.91 Å². The highest BCUT2D eigenvalue weighted by atomic mass is 127. The van der Waals surface area contributed by atoms with E-state index in [4.69, 9.17) is 18.9 Å². The van der Waals surface area contributed by atoms with Gasteiger partial charge >= 0.3 is 0 Å². The number of benzene rings is 3. The Balaban J connectivity index is 1.69. The molecule has 3 aromatic carbocycles. The Labute approximate surface area is 219 Å². The van der Waals surface area contributed by atoms with Crippen LogP contribution in [0.25, 0.3) is 0 Å². The fraction of sp³-hybridized carbons (Fsp3) is 0.259. The van der Waals surface area contributed by atoms with E-state index >= 15 is 0 Å². The number of amides is 1. The van der Waals surface area contributed by atoms with E-state index in [9.17, 15) is 4.79 Å². The molecule has 184 valence electrons. The lowest BCUT2D eigenvalue weighted by Crippen LogP contribution is -2.17. The van der Waals surface area contributed by atoms with Gasteiger partial charge in [-0.2, -0.15) is 5.10 Å². The van der Waals surface area contributed by atoms with Gasteiger partial charge in [-0.3, -0.25) is 4.79 Å². The van der Waals surface area contributed by atoms with Gasteiger partial charge in [-0.1, -0.05) is 37.3 Å². The first-order chi connectivity index (χ1) is 17.0. The number of ether oxygens (including phenoxy) is 4. The van der Waals surface area contributed by atoms with Crippen molar-refractivity contribution in [2.24, 2.45) is 5.10 Å². The average molecular weight is 588 g/mol. The molecule has 0 aliphatic rings. The normalized spacial score (nSPS) is 10.7. The summed E-state index contributed by atoms with van der Waals surface area (Å²) in [7, 11) is 1.54. The number of carbonyl (C=O) groups excluding carboxylic acids is 1. The smallest absolute Gasteiger partial charge is 0.271 e. The second-order valence-corrected chi connectivity index (χ2v) is 8.61. The Kier molecular flexibility index (Phi) is 10.2. The van der Waals surface area contributed by atoms with Crippen LogP contribution in [0, 0.1) is 3.57 Å². The van der Waals surface area contributed by atoms with Crippen molar-refractivity contribution < 1.29 is 23.7 Å². The number of carbonyl (C=O) groups is 1. The van der Waals surface area contributed by atoms with Crippen molar-refractivity contribution in [2.45, 2.75) is 26.9 Å². The number of hydrogen-bond donors (Lipinski definition) is 1. The fourth-order valence-electron chi connectivity index (χ4n) is 3.17. The standard InChI is InChI=1S/C27H29IN2O5/c1-4-13-34-23-12-11-21(16-24(23)32-3)27(31)30-29-17-20-14-22(28)26(25(15-20)33-5-2)35-18-19-9-7-6-8-10-19/h6-12,14-17H,4-5,13,18H2,1-3H3,(H,30,31)/b29-17+. The lowest BCUT2D eigenvalue weighted by Gasteiger charge is -2.14. The third-order valence-electron chi connectivity index (χ3n) is 4.82. The van der Waals surface area contributed by atoms with Gasteiger partial charge in [0.15, 0.2) is 23.0 Å². The van der Waals surface area contributed by atoms with Crippen LogP contribution in [0.3, 0.4) is 0 Å². The first-order valence-electron chi connectivity index (χ1n) is 11.3. The summed E-state index contributed by atoms with van der Waals surface area (Å²) >= 11 is 2.21. The number of methoxy groups -OCH3 is 1. The summed E-state index contributed by atoms with van der Waals surface area (Å²) in [5.74, 6) is 2.04. The van der Waals surface area contributed by atoms with E-state index in [1.807, 2.05) is 56.3 Å². The topological polar surface area (TPSA) is 78.4 Å². The summed E-state index contributed by atoms with van der Waals surface area (Å²) < 4.78 is 23.7. The van der Waals surface area contributed by atoms with Gasteiger partial charge in [0, 0.05) is 5.56 Å². The van der Waals surface area contributed by atoms with Crippen LogP contribution in [0.2, 0.25) is 0 Å². The Morgan fingerprint density at radius 1 is 0.971 bits per heavy atom. The second kappa shape index (κ2) is 13.6. The van der Waals surface area contributed by atoms with Crippen molar-refractivity contribution in [1.29, 1.82) is 0 Å². The zero-order valence-electron chi connectivity index (χ0n) is 20.0. The van der Waals surface area contributed by atoms with Gasteiger partial charge in [0.05, 0.1) is 30.1 Å². The molecule has 0 bridgehead atoms. The molecule has 7 nitrogen and oxygen atoms in total. The van der Waals surface area contributed by atoms with Gasteiger partial charge in [-0.15, -0.1) is 0 Å². The average Bonchev–Trinajstić information content (AvgIpc) is 2.87. The molecular formula is C27H29IN2O5. The summed E-state index contributed by atoms with van der Waals surface area (Å²) in [4.78, 5) is 12.6. The number of hydrogen-bond acceptors (Lipinski definition) is 6. The van der Waals surface area contributed by atoms with Gasteiger partial charge in [-0.05, 0) is 77.4 Å². The fourth-order valence-corrected chi connectivity index (χ4v) is 3.95. The summed E-state index contributed by atoms with van der Waals surface area (Å²) in [6.07, 6.45) is 2.45. The minimum absolute atomic E-state index is 0.357.